The molecular formula is C18H35O3-. The highest BCUT2D eigenvalue weighted by Gasteiger charge is 1.94. The number of unbranched alkanes of at least 4 members (excludes halogenated alkanes) is 14. The van der Waals surface area contributed by atoms with Crippen LogP contribution in [0.5, 0.6) is 0 Å². The average molecular weight is 299 g/mol. The lowest BCUT2D eigenvalue weighted by Crippen LogP contribution is -2.21. The van der Waals surface area contributed by atoms with Gasteiger partial charge < -0.3 is 15.0 Å². The van der Waals surface area contributed by atoms with Crippen LogP contribution in [0.4, 0.5) is 0 Å². The highest BCUT2D eigenvalue weighted by Crippen LogP contribution is 2.13. The molecule has 0 atom stereocenters. The zero-order valence-corrected chi connectivity index (χ0v) is 13.8. The van der Waals surface area contributed by atoms with Gasteiger partial charge in [-0.05, 0) is 19.3 Å². The minimum Gasteiger partial charge on any atom is -0.550 e. The number of aliphatic hydroxyl groups excluding tert-OH is 1. The first-order valence-corrected chi connectivity index (χ1v) is 9.08. The SMILES string of the molecule is O=C([O-])CCCCCCCCCCCCCCCCCO. The van der Waals surface area contributed by atoms with E-state index in [4.69, 9.17) is 5.11 Å². The first-order chi connectivity index (χ1) is 10.3. The molecule has 0 amide bonds. The van der Waals surface area contributed by atoms with Crippen molar-refractivity contribution in [1.29, 1.82) is 0 Å². The molecule has 0 aliphatic carbocycles. The van der Waals surface area contributed by atoms with Gasteiger partial charge in [-0.25, -0.2) is 0 Å². The van der Waals surface area contributed by atoms with Crippen molar-refractivity contribution in [3.8, 4) is 0 Å². The fourth-order valence-corrected chi connectivity index (χ4v) is 2.68. The van der Waals surface area contributed by atoms with Gasteiger partial charge in [-0.15, -0.1) is 0 Å². The largest absolute Gasteiger partial charge is 0.550 e. The summed E-state index contributed by atoms with van der Waals surface area (Å²) < 4.78 is 0. The second kappa shape index (κ2) is 17.5. The molecule has 0 unspecified atom stereocenters. The van der Waals surface area contributed by atoms with E-state index in [1.54, 1.807) is 0 Å². The lowest BCUT2D eigenvalue weighted by molar-refractivity contribution is -0.305. The number of rotatable bonds is 17. The fourth-order valence-electron chi connectivity index (χ4n) is 2.68. The van der Waals surface area contributed by atoms with Crippen molar-refractivity contribution in [3.05, 3.63) is 0 Å². The van der Waals surface area contributed by atoms with E-state index in [2.05, 4.69) is 0 Å². The Balaban J connectivity index is 2.95. The number of aliphatic hydroxyl groups is 1. The first kappa shape index (κ1) is 20.4. The van der Waals surface area contributed by atoms with Crippen LogP contribution in [-0.2, 0) is 4.79 Å². The average Bonchev–Trinajstić information content (AvgIpc) is 2.46. The van der Waals surface area contributed by atoms with Crippen molar-refractivity contribution in [2.45, 2.75) is 103 Å². The Bertz CT molecular complexity index is 217. The van der Waals surface area contributed by atoms with Crippen LogP contribution < -0.4 is 5.11 Å². The number of aliphatic carboxylic acids is 1. The third-order valence-corrected chi connectivity index (χ3v) is 4.04. The maximum absolute atomic E-state index is 10.2. The Hall–Kier alpha value is -0.570. The molecule has 0 aliphatic rings. The Labute approximate surface area is 131 Å². The number of hydrogen-bond donors (Lipinski definition) is 1. The molecular weight excluding hydrogens is 264 g/mol. The summed E-state index contributed by atoms with van der Waals surface area (Å²) in [6.07, 6.45) is 18.6. The summed E-state index contributed by atoms with van der Waals surface area (Å²) in [7, 11) is 0. The van der Waals surface area contributed by atoms with Gasteiger partial charge in [0.25, 0.3) is 0 Å². The topological polar surface area (TPSA) is 60.4 Å². The van der Waals surface area contributed by atoms with Crippen LogP contribution in [0.2, 0.25) is 0 Å². The molecule has 0 rings (SSSR count). The maximum Gasteiger partial charge on any atom is 0.0431 e. The number of carboxylic acid groups (broad SMARTS) is 1. The molecule has 0 saturated heterocycles. The molecule has 0 bridgehead atoms. The van der Waals surface area contributed by atoms with Crippen LogP contribution in [0.15, 0.2) is 0 Å². The Morgan fingerprint density at radius 3 is 1.14 bits per heavy atom. The van der Waals surface area contributed by atoms with Gasteiger partial charge >= 0.3 is 0 Å². The van der Waals surface area contributed by atoms with Crippen LogP contribution in [0.3, 0.4) is 0 Å². The lowest BCUT2D eigenvalue weighted by atomic mass is 10.0. The van der Waals surface area contributed by atoms with Crippen LogP contribution >= 0.6 is 0 Å². The second-order valence-electron chi connectivity index (χ2n) is 6.15. The zero-order chi connectivity index (χ0) is 15.6. The van der Waals surface area contributed by atoms with Gasteiger partial charge in [0.15, 0.2) is 0 Å². The number of carboxylic acids is 1. The molecule has 3 heteroatoms. The molecule has 0 saturated carbocycles. The molecule has 0 aromatic heterocycles. The van der Waals surface area contributed by atoms with Gasteiger partial charge in [0.05, 0.1) is 0 Å². The normalized spacial score (nSPS) is 10.9. The molecule has 0 fully saturated rings. The zero-order valence-electron chi connectivity index (χ0n) is 13.8. The monoisotopic (exact) mass is 299 g/mol. The third kappa shape index (κ3) is 19.4. The highest BCUT2D eigenvalue weighted by molar-refractivity contribution is 5.63. The van der Waals surface area contributed by atoms with Crippen molar-refractivity contribution in [1.82, 2.24) is 0 Å². The second-order valence-corrected chi connectivity index (χ2v) is 6.15. The van der Waals surface area contributed by atoms with Crippen LogP contribution in [0, 0.1) is 0 Å². The molecule has 1 N–H and O–H groups in total. The van der Waals surface area contributed by atoms with Gasteiger partial charge in [-0.1, -0.05) is 83.5 Å². The molecule has 21 heavy (non-hydrogen) atoms. The van der Waals surface area contributed by atoms with Gasteiger partial charge in [0.2, 0.25) is 0 Å². The molecule has 0 heterocycles. The fraction of sp³-hybridized carbons (Fsp3) is 0.944. The number of carbonyl (C=O) groups is 1. The summed E-state index contributed by atoms with van der Waals surface area (Å²) in [6.45, 7) is 0.344. The van der Waals surface area contributed by atoms with Crippen molar-refractivity contribution < 1.29 is 15.0 Å². The molecule has 0 aromatic carbocycles. The predicted molar refractivity (Wildman–Crippen MR) is 86.0 cm³/mol. The smallest absolute Gasteiger partial charge is 0.0431 e. The van der Waals surface area contributed by atoms with E-state index in [-0.39, 0.29) is 6.42 Å². The van der Waals surface area contributed by atoms with E-state index in [1.807, 2.05) is 0 Å². The van der Waals surface area contributed by atoms with Gasteiger partial charge in [-0.3, -0.25) is 0 Å². The number of carbonyl (C=O) groups excluding carboxylic acids is 1. The highest BCUT2D eigenvalue weighted by atomic mass is 16.4. The summed E-state index contributed by atoms with van der Waals surface area (Å²) in [5.41, 5.74) is 0. The van der Waals surface area contributed by atoms with Gasteiger partial charge in [-0.2, -0.15) is 0 Å². The minimum atomic E-state index is -0.914. The summed E-state index contributed by atoms with van der Waals surface area (Å²) in [4.78, 5) is 10.2. The van der Waals surface area contributed by atoms with Crippen molar-refractivity contribution >= 4 is 5.97 Å². The quantitative estimate of drug-likeness (QED) is 0.413. The standard InChI is InChI=1S/C18H36O3/c19-17-15-13-11-9-7-5-3-1-2-4-6-8-10-12-14-16-18(20)21/h19H,1-17H2,(H,20,21)/p-1. The van der Waals surface area contributed by atoms with Gasteiger partial charge in [0.1, 0.15) is 0 Å². The Kier molecular flexibility index (Phi) is 17.0. The molecule has 0 spiro atoms. The maximum atomic E-state index is 10.2. The molecule has 3 nitrogen and oxygen atoms in total. The number of hydrogen-bond acceptors (Lipinski definition) is 3. The van der Waals surface area contributed by atoms with E-state index >= 15 is 0 Å². The van der Waals surface area contributed by atoms with Gasteiger partial charge in [0, 0.05) is 12.6 Å². The summed E-state index contributed by atoms with van der Waals surface area (Å²) in [5.74, 6) is -0.914. The summed E-state index contributed by atoms with van der Waals surface area (Å²) in [6, 6.07) is 0. The first-order valence-electron chi connectivity index (χ1n) is 9.08. The molecule has 126 valence electrons. The Morgan fingerprint density at radius 1 is 0.571 bits per heavy atom. The van der Waals surface area contributed by atoms with Crippen molar-refractivity contribution in [3.63, 3.8) is 0 Å². The molecule has 0 radical (unpaired) electrons. The summed E-state index contributed by atoms with van der Waals surface area (Å²) in [5, 5.41) is 18.9. The molecule has 0 aliphatic heterocycles. The van der Waals surface area contributed by atoms with Crippen LogP contribution in [0.1, 0.15) is 103 Å². The van der Waals surface area contributed by atoms with E-state index in [1.165, 1.54) is 77.0 Å². The van der Waals surface area contributed by atoms with E-state index in [0.717, 1.165) is 19.3 Å². The van der Waals surface area contributed by atoms with Crippen molar-refractivity contribution in [2.24, 2.45) is 0 Å². The lowest BCUT2D eigenvalue weighted by Gasteiger charge is -2.04. The summed E-state index contributed by atoms with van der Waals surface area (Å²) >= 11 is 0. The van der Waals surface area contributed by atoms with Crippen LogP contribution in [0.25, 0.3) is 0 Å². The Morgan fingerprint density at radius 2 is 0.857 bits per heavy atom. The van der Waals surface area contributed by atoms with Crippen LogP contribution in [-0.4, -0.2) is 17.7 Å². The van der Waals surface area contributed by atoms with E-state index in [0.29, 0.717) is 6.61 Å². The van der Waals surface area contributed by atoms with Crippen molar-refractivity contribution in [2.75, 3.05) is 6.61 Å². The predicted octanol–water partition coefficient (Wildman–Crippen LogP) is 3.97. The van der Waals surface area contributed by atoms with E-state index < -0.39 is 5.97 Å². The third-order valence-electron chi connectivity index (χ3n) is 4.04. The minimum absolute atomic E-state index is 0.222. The molecule has 0 aromatic rings. The van der Waals surface area contributed by atoms with E-state index in [9.17, 15) is 9.90 Å².